The van der Waals surface area contributed by atoms with Crippen LogP contribution in [0.5, 0.6) is 11.5 Å². The summed E-state index contributed by atoms with van der Waals surface area (Å²) in [5, 5.41) is 3.98. The summed E-state index contributed by atoms with van der Waals surface area (Å²) < 4.78 is 17.5. The van der Waals surface area contributed by atoms with Crippen LogP contribution in [-0.2, 0) is 4.74 Å². The number of halogens is 1. The van der Waals surface area contributed by atoms with E-state index in [0.717, 1.165) is 24.4 Å². The number of rotatable bonds is 1. The molecule has 1 aromatic rings. The first kappa shape index (κ1) is 14.0. The molecular formula is C15H20ClNO3. The number of hydrogen-bond acceptors (Lipinski definition) is 4. The van der Waals surface area contributed by atoms with Crippen LogP contribution < -0.4 is 14.8 Å². The Morgan fingerprint density at radius 1 is 1.20 bits per heavy atom. The van der Waals surface area contributed by atoms with Gasteiger partial charge in [-0.1, -0.05) is 25.4 Å². The van der Waals surface area contributed by atoms with E-state index in [-0.39, 0.29) is 11.5 Å². The lowest BCUT2D eigenvalue weighted by Crippen LogP contribution is -2.33. The average Bonchev–Trinajstić information content (AvgIpc) is 2.58. The lowest BCUT2D eigenvalue weighted by atomic mass is 9.97. The van der Waals surface area contributed by atoms with Crippen LogP contribution in [0, 0.1) is 5.41 Å². The first-order chi connectivity index (χ1) is 9.55. The second-order valence-electron chi connectivity index (χ2n) is 6.13. The third-order valence-corrected chi connectivity index (χ3v) is 3.90. The minimum absolute atomic E-state index is 0.00540. The van der Waals surface area contributed by atoms with E-state index in [4.69, 9.17) is 25.8 Å². The van der Waals surface area contributed by atoms with Gasteiger partial charge in [-0.05, 0) is 6.07 Å². The van der Waals surface area contributed by atoms with Crippen LogP contribution in [0.15, 0.2) is 12.1 Å². The van der Waals surface area contributed by atoms with Crippen molar-refractivity contribution in [3.8, 4) is 11.5 Å². The smallest absolute Gasteiger partial charge is 0.162 e. The molecule has 1 atom stereocenters. The monoisotopic (exact) mass is 297 g/mol. The van der Waals surface area contributed by atoms with Crippen molar-refractivity contribution >= 4 is 11.6 Å². The zero-order valence-corrected chi connectivity index (χ0v) is 12.6. The number of hydrogen-bond donors (Lipinski definition) is 1. The van der Waals surface area contributed by atoms with Gasteiger partial charge < -0.3 is 19.5 Å². The fourth-order valence-electron chi connectivity index (χ4n) is 2.38. The standard InChI is InChI=1S/C15H20ClNO3/c1-15(2)8-19-12-5-10(14-7-17-3-4-18-14)11(16)6-13(12)20-9-15/h5-6,14,17H,3-4,7-9H2,1-2H3. The fraction of sp³-hybridized carbons (Fsp3) is 0.600. The molecule has 0 amide bonds. The van der Waals surface area contributed by atoms with Gasteiger partial charge in [0.2, 0.25) is 0 Å². The maximum absolute atomic E-state index is 6.38. The second kappa shape index (κ2) is 5.43. The maximum Gasteiger partial charge on any atom is 0.162 e. The van der Waals surface area contributed by atoms with Gasteiger partial charge in [0.15, 0.2) is 11.5 Å². The van der Waals surface area contributed by atoms with E-state index in [1.165, 1.54) is 0 Å². The highest BCUT2D eigenvalue weighted by Gasteiger charge is 2.27. The largest absolute Gasteiger partial charge is 0.489 e. The first-order valence-corrected chi connectivity index (χ1v) is 7.34. The molecule has 1 saturated heterocycles. The highest BCUT2D eigenvalue weighted by molar-refractivity contribution is 6.31. The Bertz CT molecular complexity index is 498. The minimum Gasteiger partial charge on any atom is -0.489 e. The molecule has 110 valence electrons. The molecule has 0 saturated carbocycles. The normalized spacial score (nSPS) is 25.1. The van der Waals surface area contributed by atoms with Crippen molar-refractivity contribution in [3.05, 3.63) is 22.7 Å². The molecule has 0 aromatic heterocycles. The molecule has 0 radical (unpaired) electrons. The van der Waals surface area contributed by atoms with Crippen LogP contribution >= 0.6 is 11.6 Å². The molecule has 5 heteroatoms. The van der Waals surface area contributed by atoms with Crippen molar-refractivity contribution in [1.29, 1.82) is 0 Å². The number of fused-ring (bicyclic) bond motifs is 1. The zero-order valence-electron chi connectivity index (χ0n) is 11.9. The van der Waals surface area contributed by atoms with E-state index < -0.39 is 0 Å². The molecule has 0 aliphatic carbocycles. The van der Waals surface area contributed by atoms with Gasteiger partial charge in [-0.25, -0.2) is 0 Å². The molecule has 0 bridgehead atoms. The molecule has 4 nitrogen and oxygen atoms in total. The molecule has 3 rings (SSSR count). The predicted octanol–water partition coefficient (Wildman–Crippen LogP) is 2.80. The van der Waals surface area contributed by atoms with Gasteiger partial charge in [0.05, 0.1) is 30.9 Å². The molecule has 1 N–H and O–H groups in total. The van der Waals surface area contributed by atoms with Crippen molar-refractivity contribution in [3.63, 3.8) is 0 Å². The number of ether oxygens (including phenoxy) is 3. The van der Waals surface area contributed by atoms with Gasteiger partial charge in [0, 0.05) is 30.1 Å². The van der Waals surface area contributed by atoms with Gasteiger partial charge in [0.25, 0.3) is 0 Å². The number of morpholine rings is 1. The third-order valence-electron chi connectivity index (χ3n) is 3.57. The van der Waals surface area contributed by atoms with Crippen molar-refractivity contribution < 1.29 is 14.2 Å². The summed E-state index contributed by atoms with van der Waals surface area (Å²) in [5.74, 6) is 1.47. The summed E-state index contributed by atoms with van der Waals surface area (Å²) in [6.45, 7) is 7.84. The summed E-state index contributed by atoms with van der Waals surface area (Å²) in [6.07, 6.45) is -0.0265. The van der Waals surface area contributed by atoms with Gasteiger partial charge in [-0.2, -0.15) is 0 Å². The Morgan fingerprint density at radius 3 is 2.55 bits per heavy atom. The highest BCUT2D eigenvalue weighted by Crippen LogP contribution is 2.40. The van der Waals surface area contributed by atoms with Crippen LogP contribution in [0.1, 0.15) is 25.5 Å². The summed E-state index contributed by atoms with van der Waals surface area (Å²) in [7, 11) is 0. The Kier molecular flexibility index (Phi) is 3.80. The van der Waals surface area contributed by atoms with E-state index >= 15 is 0 Å². The molecular weight excluding hydrogens is 278 g/mol. The Labute approximate surface area is 124 Å². The topological polar surface area (TPSA) is 39.7 Å². The highest BCUT2D eigenvalue weighted by atomic mass is 35.5. The Morgan fingerprint density at radius 2 is 1.90 bits per heavy atom. The van der Waals surface area contributed by atoms with Crippen LogP contribution in [-0.4, -0.2) is 32.9 Å². The third kappa shape index (κ3) is 2.87. The van der Waals surface area contributed by atoms with Gasteiger partial charge in [-0.15, -0.1) is 0 Å². The molecule has 1 aromatic carbocycles. The fourth-order valence-corrected chi connectivity index (χ4v) is 2.65. The lowest BCUT2D eigenvalue weighted by Gasteiger charge is -2.25. The predicted molar refractivity (Wildman–Crippen MR) is 77.8 cm³/mol. The lowest BCUT2D eigenvalue weighted by molar-refractivity contribution is 0.0276. The minimum atomic E-state index is -0.0265. The molecule has 2 aliphatic rings. The van der Waals surface area contributed by atoms with Crippen molar-refractivity contribution in [1.82, 2.24) is 5.32 Å². The first-order valence-electron chi connectivity index (χ1n) is 6.96. The quantitative estimate of drug-likeness (QED) is 0.865. The van der Waals surface area contributed by atoms with Gasteiger partial charge in [0.1, 0.15) is 0 Å². The maximum atomic E-state index is 6.38. The summed E-state index contributed by atoms with van der Waals surface area (Å²) in [6, 6.07) is 3.79. The van der Waals surface area contributed by atoms with E-state index in [1.807, 2.05) is 12.1 Å². The van der Waals surface area contributed by atoms with Crippen LogP contribution in [0.3, 0.4) is 0 Å². The summed E-state index contributed by atoms with van der Waals surface area (Å²) in [5.41, 5.74) is 0.954. The van der Waals surface area contributed by atoms with E-state index in [0.29, 0.717) is 30.6 Å². The summed E-state index contributed by atoms with van der Waals surface area (Å²) in [4.78, 5) is 0. The van der Waals surface area contributed by atoms with Crippen molar-refractivity contribution in [2.24, 2.45) is 5.41 Å². The molecule has 1 unspecified atom stereocenters. The number of benzene rings is 1. The molecule has 1 fully saturated rings. The van der Waals surface area contributed by atoms with Crippen LogP contribution in [0.25, 0.3) is 0 Å². The summed E-state index contributed by atoms with van der Waals surface area (Å²) >= 11 is 6.38. The molecule has 2 aliphatic heterocycles. The van der Waals surface area contributed by atoms with Crippen molar-refractivity contribution in [2.75, 3.05) is 32.9 Å². The second-order valence-corrected chi connectivity index (χ2v) is 6.53. The molecule has 0 spiro atoms. The average molecular weight is 298 g/mol. The van der Waals surface area contributed by atoms with E-state index in [1.54, 1.807) is 0 Å². The van der Waals surface area contributed by atoms with E-state index in [9.17, 15) is 0 Å². The van der Waals surface area contributed by atoms with Gasteiger partial charge in [-0.3, -0.25) is 0 Å². The molecule has 20 heavy (non-hydrogen) atoms. The van der Waals surface area contributed by atoms with E-state index in [2.05, 4.69) is 19.2 Å². The molecule has 2 heterocycles. The number of nitrogens with one attached hydrogen (secondary N) is 1. The van der Waals surface area contributed by atoms with Gasteiger partial charge >= 0.3 is 0 Å². The zero-order chi connectivity index (χ0) is 14.2. The van der Waals surface area contributed by atoms with Crippen LogP contribution in [0.2, 0.25) is 5.02 Å². The SMILES string of the molecule is CC1(C)COc2cc(Cl)c(C3CNCCO3)cc2OC1. The Balaban J connectivity index is 1.89. The Hall–Kier alpha value is -0.970. The van der Waals surface area contributed by atoms with Crippen LogP contribution in [0.4, 0.5) is 0 Å². The van der Waals surface area contributed by atoms with Crippen molar-refractivity contribution in [2.45, 2.75) is 20.0 Å².